The van der Waals surface area contributed by atoms with Gasteiger partial charge in [-0.25, -0.2) is 14.5 Å². The van der Waals surface area contributed by atoms with Crippen molar-refractivity contribution in [3.63, 3.8) is 0 Å². The third-order valence-electron chi connectivity index (χ3n) is 5.19. The van der Waals surface area contributed by atoms with Crippen LogP contribution in [0, 0.1) is 20.8 Å². The predicted molar refractivity (Wildman–Crippen MR) is 107 cm³/mol. The number of nitrogens with one attached hydrogen (secondary N) is 1. The van der Waals surface area contributed by atoms with E-state index in [1.165, 1.54) is 0 Å². The van der Waals surface area contributed by atoms with Crippen LogP contribution in [0.4, 0.5) is 0 Å². The minimum Gasteiger partial charge on any atom is -0.379 e. The summed E-state index contributed by atoms with van der Waals surface area (Å²) in [6.45, 7) is 8.65. The van der Waals surface area contributed by atoms with Gasteiger partial charge in [0.25, 0.3) is 0 Å². The van der Waals surface area contributed by atoms with Crippen LogP contribution in [-0.4, -0.2) is 51.8 Å². The summed E-state index contributed by atoms with van der Waals surface area (Å²) < 4.78 is 7.18. The molecular weight excluding hydrogens is 354 g/mol. The van der Waals surface area contributed by atoms with E-state index in [2.05, 4.69) is 17.6 Å². The first-order chi connectivity index (χ1) is 13.5. The number of aromatic nitrogens is 3. The van der Waals surface area contributed by atoms with E-state index in [9.17, 15) is 4.79 Å². The molecule has 0 atom stereocenters. The van der Waals surface area contributed by atoms with Crippen molar-refractivity contribution < 1.29 is 9.53 Å². The summed E-state index contributed by atoms with van der Waals surface area (Å²) in [6.07, 6.45) is 0.275. The largest absolute Gasteiger partial charge is 0.379 e. The lowest BCUT2D eigenvalue weighted by Gasteiger charge is -2.27. The Morgan fingerprint density at radius 3 is 2.54 bits per heavy atom. The minimum atomic E-state index is -0.0404. The maximum absolute atomic E-state index is 12.6. The standard InChI is InChI=1S/C21H25N5O2/c1-14-18(13-19(27)24-25-9-11-28-12-10-25)16(3)26-21(22-14)20(15(2)23-26)17-7-5-4-6-8-17/h4-8H,9-13H2,1-3H3,(H,24,27). The molecule has 1 aromatic carbocycles. The van der Waals surface area contributed by atoms with Gasteiger partial charge in [-0.1, -0.05) is 30.3 Å². The fourth-order valence-electron chi connectivity index (χ4n) is 3.72. The molecule has 2 aromatic heterocycles. The van der Waals surface area contributed by atoms with Gasteiger partial charge >= 0.3 is 0 Å². The number of amides is 1. The van der Waals surface area contributed by atoms with Gasteiger partial charge in [0.2, 0.25) is 5.91 Å². The summed E-state index contributed by atoms with van der Waals surface area (Å²) in [5.74, 6) is -0.0404. The van der Waals surface area contributed by atoms with Crippen LogP contribution in [0.5, 0.6) is 0 Å². The Morgan fingerprint density at radius 1 is 1.11 bits per heavy atom. The number of hydrogen-bond acceptors (Lipinski definition) is 5. The Kier molecular flexibility index (Phi) is 5.11. The number of carbonyl (C=O) groups is 1. The van der Waals surface area contributed by atoms with Crippen molar-refractivity contribution >= 4 is 11.6 Å². The molecule has 7 nitrogen and oxygen atoms in total. The van der Waals surface area contributed by atoms with E-state index in [-0.39, 0.29) is 12.3 Å². The van der Waals surface area contributed by atoms with Crippen LogP contribution in [0.25, 0.3) is 16.8 Å². The molecule has 146 valence electrons. The number of rotatable bonds is 4. The third kappa shape index (κ3) is 3.50. The Hall–Kier alpha value is -2.77. The highest BCUT2D eigenvalue weighted by Gasteiger charge is 2.20. The van der Waals surface area contributed by atoms with E-state index < -0.39 is 0 Å². The molecule has 1 aliphatic heterocycles. The van der Waals surface area contributed by atoms with Crippen LogP contribution >= 0.6 is 0 Å². The molecule has 0 aliphatic carbocycles. The number of hydrogen-bond donors (Lipinski definition) is 1. The molecule has 1 saturated heterocycles. The molecule has 0 saturated carbocycles. The first-order valence-corrected chi connectivity index (χ1v) is 9.57. The number of fused-ring (bicyclic) bond motifs is 1. The van der Waals surface area contributed by atoms with E-state index in [0.29, 0.717) is 26.3 Å². The van der Waals surface area contributed by atoms with Crippen molar-refractivity contribution in [2.75, 3.05) is 26.3 Å². The lowest BCUT2D eigenvalue weighted by Crippen LogP contribution is -2.48. The van der Waals surface area contributed by atoms with E-state index in [0.717, 1.165) is 39.4 Å². The number of morpholine rings is 1. The quantitative estimate of drug-likeness (QED) is 0.753. The summed E-state index contributed by atoms with van der Waals surface area (Å²) in [5, 5.41) is 6.62. The van der Waals surface area contributed by atoms with Gasteiger partial charge in [-0.3, -0.25) is 10.2 Å². The third-order valence-corrected chi connectivity index (χ3v) is 5.19. The molecule has 1 amide bonds. The summed E-state index contributed by atoms with van der Waals surface area (Å²) in [6, 6.07) is 10.2. The number of ether oxygens (including phenoxy) is 1. The maximum Gasteiger partial charge on any atom is 0.238 e. The summed E-state index contributed by atoms with van der Waals surface area (Å²) >= 11 is 0. The molecule has 4 rings (SSSR count). The average Bonchev–Trinajstić information content (AvgIpc) is 3.02. The van der Waals surface area contributed by atoms with Gasteiger partial charge in [0, 0.05) is 35.6 Å². The molecule has 1 fully saturated rings. The number of aryl methyl sites for hydroxylation is 3. The lowest BCUT2D eigenvalue weighted by atomic mass is 10.1. The van der Waals surface area contributed by atoms with Crippen LogP contribution in [0.1, 0.15) is 22.6 Å². The molecule has 0 spiro atoms. The van der Waals surface area contributed by atoms with Gasteiger partial charge in [-0.2, -0.15) is 5.10 Å². The maximum atomic E-state index is 12.6. The van der Waals surface area contributed by atoms with E-state index in [1.54, 1.807) is 0 Å². The van der Waals surface area contributed by atoms with E-state index in [4.69, 9.17) is 14.8 Å². The SMILES string of the molecule is Cc1nc2c(-c3ccccc3)c(C)nn2c(C)c1CC(=O)NN1CCOCC1. The first-order valence-electron chi connectivity index (χ1n) is 9.57. The topological polar surface area (TPSA) is 71.8 Å². The van der Waals surface area contributed by atoms with Gasteiger partial charge in [0.15, 0.2) is 5.65 Å². The zero-order valence-corrected chi connectivity index (χ0v) is 16.5. The van der Waals surface area contributed by atoms with Crippen LogP contribution in [0.2, 0.25) is 0 Å². The lowest BCUT2D eigenvalue weighted by molar-refractivity contribution is -0.127. The number of benzene rings is 1. The van der Waals surface area contributed by atoms with Gasteiger partial charge in [0.1, 0.15) is 0 Å². The summed E-state index contributed by atoms with van der Waals surface area (Å²) in [4.78, 5) is 17.4. The molecule has 7 heteroatoms. The fraction of sp³-hybridized carbons (Fsp3) is 0.381. The van der Waals surface area contributed by atoms with Crippen molar-refractivity contribution in [3.05, 3.63) is 53.0 Å². The Morgan fingerprint density at radius 2 is 1.82 bits per heavy atom. The molecule has 28 heavy (non-hydrogen) atoms. The average molecular weight is 379 g/mol. The predicted octanol–water partition coefficient (Wildman–Crippen LogP) is 2.23. The fourth-order valence-corrected chi connectivity index (χ4v) is 3.72. The molecule has 1 N–H and O–H groups in total. The number of carbonyl (C=O) groups excluding carboxylic acids is 1. The van der Waals surface area contributed by atoms with Crippen molar-refractivity contribution in [1.29, 1.82) is 0 Å². The van der Waals surface area contributed by atoms with Gasteiger partial charge in [-0.15, -0.1) is 0 Å². The normalized spacial score (nSPS) is 15.1. The highest BCUT2D eigenvalue weighted by Crippen LogP contribution is 2.29. The molecule has 1 aliphatic rings. The van der Waals surface area contributed by atoms with Crippen LogP contribution in [0.3, 0.4) is 0 Å². The van der Waals surface area contributed by atoms with Crippen molar-refractivity contribution in [1.82, 2.24) is 25.0 Å². The van der Waals surface area contributed by atoms with Crippen LogP contribution < -0.4 is 5.43 Å². The highest BCUT2D eigenvalue weighted by atomic mass is 16.5. The summed E-state index contributed by atoms with van der Waals surface area (Å²) in [7, 11) is 0. The highest BCUT2D eigenvalue weighted by molar-refractivity contribution is 5.81. The molecule has 0 radical (unpaired) electrons. The zero-order valence-electron chi connectivity index (χ0n) is 16.5. The molecular formula is C21H25N5O2. The number of hydrazine groups is 1. The second-order valence-corrected chi connectivity index (χ2v) is 7.13. The van der Waals surface area contributed by atoms with Crippen molar-refractivity contribution in [3.8, 4) is 11.1 Å². The second-order valence-electron chi connectivity index (χ2n) is 7.13. The monoisotopic (exact) mass is 379 g/mol. The molecule has 0 bridgehead atoms. The van der Waals surface area contributed by atoms with Gasteiger partial charge in [0.05, 0.1) is 25.3 Å². The molecule has 3 aromatic rings. The summed E-state index contributed by atoms with van der Waals surface area (Å²) in [5.41, 5.74) is 9.59. The minimum absolute atomic E-state index is 0.0404. The van der Waals surface area contributed by atoms with Crippen molar-refractivity contribution in [2.45, 2.75) is 27.2 Å². The Balaban J connectivity index is 1.66. The smallest absolute Gasteiger partial charge is 0.238 e. The Bertz CT molecular complexity index is 1010. The first kappa shape index (κ1) is 18.6. The van der Waals surface area contributed by atoms with Crippen LogP contribution in [0.15, 0.2) is 30.3 Å². The second kappa shape index (κ2) is 7.69. The molecule has 3 heterocycles. The zero-order chi connectivity index (χ0) is 19.7. The number of nitrogens with zero attached hydrogens (tertiary/aromatic N) is 4. The van der Waals surface area contributed by atoms with Gasteiger partial charge < -0.3 is 4.74 Å². The van der Waals surface area contributed by atoms with E-state index >= 15 is 0 Å². The van der Waals surface area contributed by atoms with E-state index in [1.807, 2.05) is 48.5 Å². The van der Waals surface area contributed by atoms with Crippen LogP contribution in [-0.2, 0) is 16.0 Å². The Labute approximate surface area is 164 Å². The molecule has 0 unspecified atom stereocenters. The van der Waals surface area contributed by atoms with Gasteiger partial charge in [-0.05, 0) is 26.3 Å². The van der Waals surface area contributed by atoms with Crippen molar-refractivity contribution in [2.24, 2.45) is 0 Å².